The Kier molecular flexibility index (Phi) is 5.52. The number of benzene rings is 1. The maximum atomic E-state index is 5.81. The molecule has 1 aromatic carbocycles. The molecule has 1 aromatic rings. The van der Waals surface area contributed by atoms with Crippen LogP contribution in [-0.4, -0.2) is 31.1 Å². The lowest BCUT2D eigenvalue weighted by Crippen LogP contribution is -2.31. The Hall–Kier alpha value is -1.22. The van der Waals surface area contributed by atoms with E-state index in [1.54, 1.807) is 0 Å². The molecule has 19 heavy (non-hydrogen) atoms. The first kappa shape index (κ1) is 14.2. The molecule has 1 aliphatic heterocycles. The summed E-state index contributed by atoms with van der Waals surface area (Å²) < 4.78 is 5.81. The van der Waals surface area contributed by atoms with Crippen LogP contribution >= 0.6 is 0 Å². The van der Waals surface area contributed by atoms with Gasteiger partial charge in [0.05, 0.1) is 6.61 Å². The Morgan fingerprint density at radius 1 is 1.21 bits per heavy atom. The molecule has 0 aliphatic carbocycles. The SMILES string of the molecule is CC(COc1cccc(N)c1)CN1CCCCCC1. The number of nitrogens with zero attached hydrogens (tertiary/aromatic N) is 1. The Bertz CT molecular complexity index is 373. The molecule has 1 saturated heterocycles. The average molecular weight is 262 g/mol. The third-order valence-corrected chi connectivity index (χ3v) is 3.66. The second kappa shape index (κ2) is 7.39. The van der Waals surface area contributed by atoms with Crippen LogP contribution in [0.15, 0.2) is 24.3 Å². The molecule has 1 aliphatic rings. The number of hydrogen-bond donors (Lipinski definition) is 1. The van der Waals surface area contributed by atoms with Crippen molar-refractivity contribution in [3.63, 3.8) is 0 Å². The first-order valence-electron chi connectivity index (χ1n) is 7.45. The van der Waals surface area contributed by atoms with Crippen molar-refractivity contribution >= 4 is 5.69 Å². The van der Waals surface area contributed by atoms with Crippen molar-refractivity contribution in [1.29, 1.82) is 0 Å². The van der Waals surface area contributed by atoms with Crippen molar-refractivity contribution in [2.75, 3.05) is 32.0 Å². The molecule has 0 spiro atoms. The number of nitrogens with two attached hydrogens (primary N) is 1. The van der Waals surface area contributed by atoms with Crippen molar-refractivity contribution < 1.29 is 4.74 Å². The quantitative estimate of drug-likeness (QED) is 0.828. The zero-order valence-electron chi connectivity index (χ0n) is 12.0. The van der Waals surface area contributed by atoms with Crippen molar-refractivity contribution in [3.8, 4) is 5.75 Å². The minimum atomic E-state index is 0.555. The zero-order valence-corrected chi connectivity index (χ0v) is 12.0. The summed E-state index contributed by atoms with van der Waals surface area (Å²) in [6, 6.07) is 7.67. The molecule has 0 amide bonds. The van der Waals surface area contributed by atoms with Crippen LogP contribution in [0.25, 0.3) is 0 Å². The summed E-state index contributed by atoms with van der Waals surface area (Å²) in [7, 11) is 0. The van der Waals surface area contributed by atoms with Gasteiger partial charge in [-0.2, -0.15) is 0 Å². The van der Waals surface area contributed by atoms with Crippen LogP contribution < -0.4 is 10.5 Å². The van der Waals surface area contributed by atoms with E-state index in [4.69, 9.17) is 10.5 Å². The summed E-state index contributed by atoms with van der Waals surface area (Å²) in [5.41, 5.74) is 6.51. The predicted octanol–water partition coefficient (Wildman–Crippen LogP) is 3.16. The van der Waals surface area contributed by atoms with Gasteiger partial charge in [-0.15, -0.1) is 0 Å². The molecule has 1 heterocycles. The Balaban J connectivity index is 1.73. The highest BCUT2D eigenvalue weighted by Gasteiger charge is 2.13. The topological polar surface area (TPSA) is 38.5 Å². The van der Waals surface area contributed by atoms with Crippen LogP contribution in [0.3, 0.4) is 0 Å². The molecule has 1 atom stereocenters. The van der Waals surface area contributed by atoms with Gasteiger partial charge in [-0.05, 0) is 38.1 Å². The molecule has 3 nitrogen and oxygen atoms in total. The van der Waals surface area contributed by atoms with Crippen molar-refractivity contribution in [3.05, 3.63) is 24.3 Å². The van der Waals surface area contributed by atoms with Gasteiger partial charge < -0.3 is 15.4 Å². The number of anilines is 1. The second-order valence-electron chi connectivity index (χ2n) is 5.70. The van der Waals surface area contributed by atoms with Gasteiger partial charge >= 0.3 is 0 Å². The molecule has 1 unspecified atom stereocenters. The third kappa shape index (κ3) is 5.11. The minimum Gasteiger partial charge on any atom is -0.493 e. The predicted molar refractivity (Wildman–Crippen MR) is 80.4 cm³/mol. The maximum Gasteiger partial charge on any atom is 0.121 e. The summed E-state index contributed by atoms with van der Waals surface area (Å²) >= 11 is 0. The number of ether oxygens (including phenoxy) is 1. The maximum absolute atomic E-state index is 5.81. The molecule has 2 N–H and O–H groups in total. The van der Waals surface area contributed by atoms with Gasteiger partial charge in [-0.1, -0.05) is 25.8 Å². The van der Waals surface area contributed by atoms with E-state index in [-0.39, 0.29) is 0 Å². The van der Waals surface area contributed by atoms with E-state index < -0.39 is 0 Å². The summed E-state index contributed by atoms with van der Waals surface area (Å²) in [5.74, 6) is 1.43. The van der Waals surface area contributed by atoms with Crippen molar-refractivity contribution in [2.24, 2.45) is 5.92 Å². The Labute approximate surface area is 116 Å². The fourth-order valence-electron chi connectivity index (χ4n) is 2.66. The first-order valence-corrected chi connectivity index (χ1v) is 7.45. The first-order chi connectivity index (χ1) is 9.24. The molecule has 0 aromatic heterocycles. The van der Waals surface area contributed by atoms with Gasteiger partial charge in [-0.3, -0.25) is 0 Å². The van der Waals surface area contributed by atoms with E-state index in [2.05, 4.69) is 11.8 Å². The van der Waals surface area contributed by atoms with Crippen LogP contribution in [0.1, 0.15) is 32.6 Å². The standard InChI is InChI=1S/C16H26N2O/c1-14(12-18-9-4-2-3-5-10-18)13-19-16-8-6-7-15(17)11-16/h6-8,11,14H,2-5,9-10,12-13,17H2,1H3. The summed E-state index contributed by atoms with van der Waals surface area (Å²) in [4.78, 5) is 2.58. The van der Waals surface area contributed by atoms with Gasteiger partial charge in [-0.25, -0.2) is 0 Å². The van der Waals surface area contributed by atoms with Gasteiger partial charge in [0, 0.05) is 24.2 Å². The second-order valence-corrected chi connectivity index (χ2v) is 5.70. The minimum absolute atomic E-state index is 0.555. The summed E-state index contributed by atoms with van der Waals surface area (Å²) in [6.07, 6.45) is 5.49. The van der Waals surface area contributed by atoms with E-state index in [1.807, 2.05) is 24.3 Å². The van der Waals surface area contributed by atoms with Crippen molar-refractivity contribution in [2.45, 2.75) is 32.6 Å². The zero-order chi connectivity index (χ0) is 13.5. The van der Waals surface area contributed by atoms with Gasteiger partial charge in [0.1, 0.15) is 5.75 Å². The highest BCUT2D eigenvalue weighted by Crippen LogP contribution is 2.16. The van der Waals surface area contributed by atoms with Crippen LogP contribution in [-0.2, 0) is 0 Å². The van der Waals surface area contributed by atoms with E-state index in [0.717, 1.165) is 24.6 Å². The molecule has 106 valence electrons. The fourth-order valence-corrected chi connectivity index (χ4v) is 2.66. The molecule has 0 radical (unpaired) electrons. The van der Waals surface area contributed by atoms with Gasteiger partial charge in [0.25, 0.3) is 0 Å². The largest absolute Gasteiger partial charge is 0.493 e. The highest BCUT2D eigenvalue weighted by molar-refractivity contribution is 5.43. The molecule has 2 rings (SSSR count). The fraction of sp³-hybridized carbons (Fsp3) is 0.625. The lowest BCUT2D eigenvalue weighted by atomic mass is 10.2. The van der Waals surface area contributed by atoms with E-state index in [9.17, 15) is 0 Å². The molecular weight excluding hydrogens is 236 g/mol. The lowest BCUT2D eigenvalue weighted by Gasteiger charge is -2.24. The smallest absolute Gasteiger partial charge is 0.121 e. The van der Waals surface area contributed by atoms with Crippen molar-refractivity contribution in [1.82, 2.24) is 4.90 Å². The Morgan fingerprint density at radius 2 is 1.95 bits per heavy atom. The van der Waals surface area contributed by atoms with E-state index in [1.165, 1.54) is 38.8 Å². The Morgan fingerprint density at radius 3 is 2.63 bits per heavy atom. The van der Waals surface area contributed by atoms with E-state index >= 15 is 0 Å². The number of hydrogen-bond acceptors (Lipinski definition) is 3. The normalized spacial score (nSPS) is 18.8. The van der Waals surface area contributed by atoms with E-state index in [0.29, 0.717) is 5.92 Å². The number of rotatable bonds is 5. The molecule has 0 saturated carbocycles. The lowest BCUT2D eigenvalue weighted by molar-refractivity contribution is 0.189. The monoisotopic (exact) mass is 262 g/mol. The number of likely N-dealkylation sites (tertiary alicyclic amines) is 1. The molecule has 3 heteroatoms. The van der Waals surface area contributed by atoms with Crippen LogP contribution in [0, 0.1) is 5.92 Å². The van der Waals surface area contributed by atoms with Crippen LogP contribution in [0.4, 0.5) is 5.69 Å². The average Bonchev–Trinajstić information content (AvgIpc) is 2.65. The molecular formula is C16H26N2O. The van der Waals surface area contributed by atoms with Crippen LogP contribution in [0.2, 0.25) is 0 Å². The number of nitrogen functional groups attached to an aromatic ring is 1. The van der Waals surface area contributed by atoms with Gasteiger partial charge in [0.15, 0.2) is 0 Å². The van der Waals surface area contributed by atoms with Gasteiger partial charge in [0.2, 0.25) is 0 Å². The third-order valence-electron chi connectivity index (χ3n) is 3.66. The summed E-state index contributed by atoms with van der Waals surface area (Å²) in [6.45, 7) is 6.67. The van der Waals surface area contributed by atoms with Crippen LogP contribution in [0.5, 0.6) is 5.75 Å². The molecule has 1 fully saturated rings. The highest BCUT2D eigenvalue weighted by atomic mass is 16.5. The molecule has 0 bridgehead atoms. The summed E-state index contributed by atoms with van der Waals surface area (Å²) in [5, 5.41) is 0.